The lowest BCUT2D eigenvalue weighted by Gasteiger charge is -2.28. The van der Waals surface area contributed by atoms with E-state index in [-0.39, 0.29) is 31.6 Å². The molecule has 0 saturated carbocycles. The van der Waals surface area contributed by atoms with Gasteiger partial charge in [-0.25, -0.2) is 9.59 Å². The lowest BCUT2D eigenvalue weighted by atomic mass is 9.94. The summed E-state index contributed by atoms with van der Waals surface area (Å²) in [6.45, 7) is 5.33. The van der Waals surface area contributed by atoms with Crippen molar-refractivity contribution in [1.29, 1.82) is 0 Å². The van der Waals surface area contributed by atoms with E-state index in [1.165, 1.54) is 14.0 Å². The number of fused-ring (bicyclic) bond motifs is 3. The van der Waals surface area contributed by atoms with Gasteiger partial charge in [-0.05, 0) is 41.5 Å². The third-order valence-corrected chi connectivity index (χ3v) is 6.27. The average molecular weight is 483 g/mol. The molecule has 0 spiro atoms. The Morgan fingerprint density at radius 2 is 1.60 bits per heavy atom. The first-order chi connectivity index (χ1) is 16.7. The van der Waals surface area contributed by atoms with Crippen LogP contribution in [0.1, 0.15) is 44.2 Å². The van der Waals surface area contributed by atoms with E-state index in [0.29, 0.717) is 6.42 Å². The number of carbonyl (C=O) groups is 3. The van der Waals surface area contributed by atoms with Crippen molar-refractivity contribution in [1.82, 2.24) is 10.6 Å². The molecule has 0 saturated heterocycles. The third-order valence-electron chi connectivity index (χ3n) is 6.27. The van der Waals surface area contributed by atoms with Gasteiger partial charge in [-0.1, -0.05) is 62.4 Å². The van der Waals surface area contributed by atoms with E-state index in [9.17, 15) is 19.5 Å². The molecule has 2 unspecified atom stereocenters. The summed E-state index contributed by atoms with van der Waals surface area (Å²) in [6, 6.07) is 16.2. The fourth-order valence-electron chi connectivity index (χ4n) is 4.52. The number of amides is 2. The maximum atomic E-state index is 12.9. The van der Waals surface area contributed by atoms with E-state index in [2.05, 4.69) is 22.8 Å². The molecule has 0 radical (unpaired) electrons. The molecule has 0 aliphatic heterocycles. The molecular weight excluding hydrogens is 448 g/mol. The summed E-state index contributed by atoms with van der Waals surface area (Å²) in [4.78, 5) is 37.1. The molecule has 188 valence electrons. The number of carboxylic acids is 1. The Labute approximate surface area is 206 Å². The molecule has 2 aromatic rings. The number of carbonyl (C=O) groups excluding carboxylic acids is 2. The van der Waals surface area contributed by atoms with Gasteiger partial charge < -0.3 is 25.2 Å². The quantitative estimate of drug-likeness (QED) is 0.449. The third kappa shape index (κ3) is 6.19. The van der Waals surface area contributed by atoms with Gasteiger partial charge in [0.05, 0.1) is 12.5 Å². The Hall–Kier alpha value is -3.39. The lowest BCUT2D eigenvalue weighted by Crippen LogP contribution is -2.57. The van der Waals surface area contributed by atoms with Crippen molar-refractivity contribution in [2.45, 2.75) is 38.6 Å². The van der Waals surface area contributed by atoms with Crippen LogP contribution >= 0.6 is 0 Å². The van der Waals surface area contributed by atoms with Crippen LogP contribution in [0.4, 0.5) is 4.79 Å². The van der Waals surface area contributed by atoms with Crippen molar-refractivity contribution in [3.05, 3.63) is 59.7 Å². The summed E-state index contributed by atoms with van der Waals surface area (Å²) in [7, 11) is 1.37. The molecule has 35 heavy (non-hydrogen) atoms. The summed E-state index contributed by atoms with van der Waals surface area (Å²) < 4.78 is 10.5. The minimum atomic E-state index is -1.56. The van der Waals surface area contributed by atoms with E-state index in [1.807, 2.05) is 50.2 Å². The number of rotatable bonds is 11. The molecular formula is C27H34N2O6. The second-order valence-corrected chi connectivity index (χ2v) is 9.59. The molecule has 1 aliphatic carbocycles. The van der Waals surface area contributed by atoms with Crippen molar-refractivity contribution >= 4 is 18.0 Å². The SMILES string of the molecule is COCC(C)(NC(=O)C(CNC(=O)OCC1c2ccccc2-c2ccccc21)CC(C)C)C(=O)O. The minimum absolute atomic E-state index is 0.0311. The first-order valence-electron chi connectivity index (χ1n) is 11.8. The Balaban J connectivity index is 1.61. The van der Waals surface area contributed by atoms with Crippen molar-refractivity contribution in [2.24, 2.45) is 11.8 Å². The van der Waals surface area contributed by atoms with Gasteiger partial charge in [0.15, 0.2) is 5.54 Å². The number of benzene rings is 2. The monoisotopic (exact) mass is 482 g/mol. The van der Waals surface area contributed by atoms with E-state index in [4.69, 9.17) is 9.47 Å². The molecule has 0 bridgehead atoms. The summed E-state index contributed by atoms with van der Waals surface area (Å²) in [6.07, 6.45) is -0.149. The van der Waals surface area contributed by atoms with Crippen LogP contribution in [0.25, 0.3) is 11.1 Å². The number of aliphatic carboxylic acids is 1. The highest BCUT2D eigenvalue weighted by molar-refractivity contribution is 5.88. The van der Waals surface area contributed by atoms with Crippen LogP contribution in [0.5, 0.6) is 0 Å². The van der Waals surface area contributed by atoms with Crippen molar-refractivity contribution < 1.29 is 29.0 Å². The molecule has 3 N–H and O–H groups in total. The summed E-state index contributed by atoms with van der Waals surface area (Å²) >= 11 is 0. The van der Waals surface area contributed by atoms with E-state index in [0.717, 1.165) is 22.3 Å². The van der Waals surface area contributed by atoms with Gasteiger partial charge in [-0.2, -0.15) is 0 Å². The van der Waals surface area contributed by atoms with Gasteiger partial charge in [0.1, 0.15) is 6.61 Å². The number of carboxylic acid groups (broad SMARTS) is 1. The molecule has 2 atom stereocenters. The molecule has 8 heteroatoms. The molecule has 0 aromatic heterocycles. The zero-order chi connectivity index (χ0) is 25.6. The Bertz CT molecular complexity index is 1020. The average Bonchev–Trinajstić information content (AvgIpc) is 3.14. The number of alkyl carbamates (subject to hydrolysis) is 1. The molecule has 8 nitrogen and oxygen atoms in total. The Morgan fingerprint density at radius 3 is 2.11 bits per heavy atom. The summed E-state index contributed by atoms with van der Waals surface area (Å²) in [5.41, 5.74) is 2.95. The number of hydrogen-bond donors (Lipinski definition) is 3. The number of nitrogens with one attached hydrogen (secondary N) is 2. The van der Waals surface area contributed by atoms with Crippen LogP contribution < -0.4 is 10.6 Å². The topological polar surface area (TPSA) is 114 Å². The van der Waals surface area contributed by atoms with Crippen LogP contribution in [0.2, 0.25) is 0 Å². The van der Waals surface area contributed by atoms with E-state index < -0.39 is 29.4 Å². The largest absolute Gasteiger partial charge is 0.479 e. The highest BCUT2D eigenvalue weighted by atomic mass is 16.5. The van der Waals surface area contributed by atoms with Crippen molar-refractivity contribution in [3.63, 3.8) is 0 Å². The first kappa shape index (κ1) is 26.2. The second kappa shape index (κ2) is 11.4. The van der Waals surface area contributed by atoms with E-state index in [1.54, 1.807) is 0 Å². The van der Waals surface area contributed by atoms with Gasteiger partial charge in [0, 0.05) is 19.6 Å². The molecule has 3 rings (SSSR count). The molecule has 0 heterocycles. The lowest BCUT2D eigenvalue weighted by molar-refractivity contribution is -0.150. The van der Waals surface area contributed by atoms with Crippen molar-refractivity contribution in [3.8, 4) is 11.1 Å². The minimum Gasteiger partial charge on any atom is -0.479 e. The van der Waals surface area contributed by atoms with Crippen LogP contribution in [-0.2, 0) is 19.1 Å². The highest BCUT2D eigenvalue weighted by Crippen LogP contribution is 2.44. The second-order valence-electron chi connectivity index (χ2n) is 9.59. The van der Waals surface area contributed by atoms with Crippen molar-refractivity contribution in [2.75, 3.05) is 26.9 Å². The normalized spacial score (nSPS) is 15.0. The predicted molar refractivity (Wildman–Crippen MR) is 132 cm³/mol. The number of hydrogen-bond acceptors (Lipinski definition) is 5. The zero-order valence-electron chi connectivity index (χ0n) is 20.7. The summed E-state index contributed by atoms with van der Waals surface area (Å²) in [5.74, 6) is -2.17. The molecule has 2 amide bonds. The molecule has 1 aliphatic rings. The standard InChI is InChI=1S/C27H34N2O6/c1-17(2)13-18(24(30)29-27(3,16-34-4)25(31)32)14-28-26(33)35-15-23-21-11-7-5-9-19(21)20-10-6-8-12-22(20)23/h5-12,17-18,23H,13-16H2,1-4H3,(H,28,33)(H,29,30)(H,31,32). The maximum Gasteiger partial charge on any atom is 0.407 e. The zero-order valence-corrected chi connectivity index (χ0v) is 20.7. The van der Waals surface area contributed by atoms with Gasteiger partial charge in [-0.15, -0.1) is 0 Å². The highest BCUT2D eigenvalue weighted by Gasteiger charge is 2.37. The van der Waals surface area contributed by atoms with Crippen LogP contribution in [0, 0.1) is 11.8 Å². The van der Waals surface area contributed by atoms with Crippen LogP contribution in [-0.4, -0.2) is 55.5 Å². The Kier molecular flexibility index (Phi) is 8.51. The predicted octanol–water partition coefficient (Wildman–Crippen LogP) is 3.79. The number of methoxy groups -OCH3 is 1. The van der Waals surface area contributed by atoms with Gasteiger partial charge in [-0.3, -0.25) is 4.79 Å². The summed E-state index contributed by atoms with van der Waals surface area (Å²) in [5, 5.41) is 14.8. The smallest absolute Gasteiger partial charge is 0.407 e. The van der Waals surface area contributed by atoms with Gasteiger partial charge in [0.25, 0.3) is 0 Å². The van der Waals surface area contributed by atoms with Crippen LogP contribution in [0.3, 0.4) is 0 Å². The molecule has 2 aromatic carbocycles. The number of ether oxygens (including phenoxy) is 2. The molecule has 0 fully saturated rings. The van der Waals surface area contributed by atoms with E-state index >= 15 is 0 Å². The fourth-order valence-corrected chi connectivity index (χ4v) is 4.52. The van der Waals surface area contributed by atoms with Gasteiger partial charge in [0.2, 0.25) is 5.91 Å². The first-order valence-corrected chi connectivity index (χ1v) is 11.8. The van der Waals surface area contributed by atoms with Crippen LogP contribution in [0.15, 0.2) is 48.5 Å². The van der Waals surface area contributed by atoms with Gasteiger partial charge >= 0.3 is 12.1 Å². The maximum absolute atomic E-state index is 12.9. The fraction of sp³-hybridized carbons (Fsp3) is 0.444. The Morgan fingerprint density at radius 1 is 1.03 bits per heavy atom.